The summed E-state index contributed by atoms with van der Waals surface area (Å²) >= 11 is 0. The molecule has 0 heterocycles. The number of carbonyl (C=O) groups excluding carboxylic acids is 1. The first-order chi connectivity index (χ1) is 9.40. The van der Waals surface area contributed by atoms with Gasteiger partial charge in [-0.25, -0.2) is 4.39 Å². The minimum atomic E-state index is -0.672. The zero-order chi connectivity index (χ0) is 15.3. The van der Waals surface area contributed by atoms with Gasteiger partial charge in [-0.2, -0.15) is 0 Å². The van der Waals surface area contributed by atoms with Crippen molar-refractivity contribution in [3.8, 4) is 5.75 Å². The predicted molar refractivity (Wildman–Crippen MR) is 77.0 cm³/mol. The smallest absolute Gasteiger partial charge is 0.263 e. The summed E-state index contributed by atoms with van der Waals surface area (Å²) in [5, 5.41) is 0. The molecule has 4 nitrogen and oxygen atoms in total. The van der Waals surface area contributed by atoms with Gasteiger partial charge in [0.05, 0.1) is 0 Å². The minimum Gasteiger partial charge on any atom is -0.480 e. The van der Waals surface area contributed by atoms with Gasteiger partial charge in [-0.15, -0.1) is 0 Å². The summed E-state index contributed by atoms with van der Waals surface area (Å²) in [4.78, 5) is 13.8. The molecular formula is C15H23FN2O2. The van der Waals surface area contributed by atoms with Crippen LogP contribution in [0.15, 0.2) is 18.2 Å². The molecule has 0 saturated carbocycles. The number of likely N-dealkylation sites (N-methyl/N-ethyl adjacent to an activating group) is 1. The largest absolute Gasteiger partial charge is 0.480 e. The minimum absolute atomic E-state index is 0.116. The SMILES string of the molecule is CCN(CC)C(=O)C(C)Oc1cc(F)ccc1[C@@H](C)N. The van der Waals surface area contributed by atoms with Crippen LogP contribution in [0.4, 0.5) is 4.39 Å². The van der Waals surface area contributed by atoms with E-state index in [9.17, 15) is 9.18 Å². The zero-order valence-electron chi connectivity index (χ0n) is 12.5. The van der Waals surface area contributed by atoms with Crippen LogP contribution in [0, 0.1) is 5.82 Å². The molecule has 5 heteroatoms. The lowest BCUT2D eigenvalue weighted by atomic mass is 10.1. The quantitative estimate of drug-likeness (QED) is 0.872. The summed E-state index contributed by atoms with van der Waals surface area (Å²) < 4.78 is 19.0. The molecule has 0 aliphatic heterocycles. The molecule has 0 aliphatic carbocycles. The van der Waals surface area contributed by atoms with E-state index in [1.807, 2.05) is 13.8 Å². The number of hydrogen-bond acceptors (Lipinski definition) is 3. The highest BCUT2D eigenvalue weighted by Crippen LogP contribution is 2.26. The Morgan fingerprint density at radius 1 is 1.35 bits per heavy atom. The fraction of sp³-hybridized carbons (Fsp3) is 0.533. The molecule has 0 bridgehead atoms. The Labute approximate surface area is 119 Å². The molecule has 2 atom stereocenters. The second kappa shape index (κ2) is 7.24. The van der Waals surface area contributed by atoms with Crippen LogP contribution >= 0.6 is 0 Å². The lowest BCUT2D eigenvalue weighted by Gasteiger charge is -2.24. The predicted octanol–water partition coefficient (Wildman–Crippen LogP) is 2.48. The molecular weight excluding hydrogens is 259 g/mol. The van der Waals surface area contributed by atoms with Crippen LogP contribution in [-0.4, -0.2) is 30.0 Å². The number of halogens is 1. The van der Waals surface area contributed by atoms with E-state index in [-0.39, 0.29) is 11.9 Å². The summed E-state index contributed by atoms with van der Waals surface area (Å²) in [6.07, 6.45) is -0.672. The Hall–Kier alpha value is -1.62. The normalized spacial score (nSPS) is 13.7. The Morgan fingerprint density at radius 2 is 1.95 bits per heavy atom. The molecule has 0 radical (unpaired) electrons. The average Bonchev–Trinajstić information content (AvgIpc) is 2.39. The number of amides is 1. The van der Waals surface area contributed by atoms with Gasteiger partial charge < -0.3 is 15.4 Å². The Bertz CT molecular complexity index is 459. The Morgan fingerprint density at radius 3 is 2.45 bits per heavy atom. The van der Waals surface area contributed by atoms with Gasteiger partial charge in [-0.05, 0) is 33.8 Å². The van der Waals surface area contributed by atoms with Crippen molar-refractivity contribution in [1.29, 1.82) is 0 Å². The van der Waals surface area contributed by atoms with Crippen molar-refractivity contribution in [2.75, 3.05) is 13.1 Å². The van der Waals surface area contributed by atoms with Crippen LogP contribution in [0.1, 0.15) is 39.3 Å². The maximum atomic E-state index is 13.3. The molecule has 1 amide bonds. The molecule has 0 saturated heterocycles. The third-order valence-corrected chi connectivity index (χ3v) is 3.19. The second-order valence-electron chi connectivity index (χ2n) is 4.74. The van der Waals surface area contributed by atoms with Gasteiger partial charge in [0.2, 0.25) is 0 Å². The summed E-state index contributed by atoms with van der Waals surface area (Å²) in [6, 6.07) is 3.90. The maximum absolute atomic E-state index is 13.3. The van der Waals surface area contributed by atoms with Crippen LogP contribution in [0.2, 0.25) is 0 Å². The monoisotopic (exact) mass is 282 g/mol. The van der Waals surface area contributed by atoms with Gasteiger partial charge in [-0.1, -0.05) is 6.07 Å². The first kappa shape index (κ1) is 16.4. The van der Waals surface area contributed by atoms with E-state index < -0.39 is 11.9 Å². The molecule has 0 fully saturated rings. The molecule has 1 aromatic rings. The van der Waals surface area contributed by atoms with E-state index in [1.54, 1.807) is 24.8 Å². The molecule has 1 rings (SSSR count). The highest BCUT2D eigenvalue weighted by atomic mass is 19.1. The maximum Gasteiger partial charge on any atom is 0.263 e. The van der Waals surface area contributed by atoms with Gasteiger partial charge in [0.25, 0.3) is 5.91 Å². The van der Waals surface area contributed by atoms with Crippen molar-refractivity contribution in [2.24, 2.45) is 5.73 Å². The Kier molecular flexibility index (Phi) is 5.95. The van der Waals surface area contributed by atoms with E-state index in [4.69, 9.17) is 10.5 Å². The molecule has 1 unspecified atom stereocenters. The molecule has 2 N–H and O–H groups in total. The van der Waals surface area contributed by atoms with Crippen molar-refractivity contribution in [1.82, 2.24) is 4.90 Å². The van der Waals surface area contributed by atoms with Crippen molar-refractivity contribution in [3.63, 3.8) is 0 Å². The van der Waals surface area contributed by atoms with Crippen LogP contribution in [0.3, 0.4) is 0 Å². The van der Waals surface area contributed by atoms with Gasteiger partial charge in [0, 0.05) is 30.8 Å². The van der Waals surface area contributed by atoms with E-state index in [2.05, 4.69) is 0 Å². The summed E-state index contributed by atoms with van der Waals surface area (Å²) in [5.41, 5.74) is 6.52. The fourth-order valence-corrected chi connectivity index (χ4v) is 2.02. The zero-order valence-corrected chi connectivity index (χ0v) is 12.5. The van der Waals surface area contributed by atoms with Gasteiger partial charge in [0.15, 0.2) is 6.10 Å². The molecule has 20 heavy (non-hydrogen) atoms. The van der Waals surface area contributed by atoms with Crippen LogP contribution in [0.25, 0.3) is 0 Å². The number of nitrogens with two attached hydrogens (primary N) is 1. The third-order valence-electron chi connectivity index (χ3n) is 3.19. The van der Waals surface area contributed by atoms with E-state index in [0.717, 1.165) is 0 Å². The third kappa shape index (κ3) is 3.93. The fourth-order valence-electron chi connectivity index (χ4n) is 2.02. The molecule has 112 valence electrons. The lowest BCUT2D eigenvalue weighted by molar-refractivity contribution is -0.137. The first-order valence-corrected chi connectivity index (χ1v) is 6.91. The van der Waals surface area contributed by atoms with Gasteiger partial charge in [-0.3, -0.25) is 4.79 Å². The Balaban J connectivity index is 2.92. The van der Waals surface area contributed by atoms with Crippen LogP contribution in [-0.2, 0) is 4.79 Å². The van der Waals surface area contributed by atoms with Gasteiger partial charge >= 0.3 is 0 Å². The van der Waals surface area contributed by atoms with Crippen molar-refractivity contribution < 1.29 is 13.9 Å². The molecule has 0 aliphatic rings. The lowest BCUT2D eigenvalue weighted by Crippen LogP contribution is -2.40. The number of benzene rings is 1. The number of nitrogens with zero attached hydrogens (tertiary/aromatic N) is 1. The number of hydrogen-bond donors (Lipinski definition) is 1. The van der Waals surface area contributed by atoms with Crippen molar-refractivity contribution in [3.05, 3.63) is 29.6 Å². The molecule has 0 aromatic heterocycles. The molecule has 1 aromatic carbocycles. The number of rotatable bonds is 6. The number of ether oxygens (including phenoxy) is 1. The van der Waals surface area contributed by atoms with Crippen molar-refractivity contribution >= 4 is 5.91 Å². The summed E-state index contributed by atoms with van der Waals surface area (Å²) in [5.74, 6) is -0.199. The topological polar surface area (TPSA) is 55.6 Å². The van der Waals surface area contributed by atoms with Crippen LogP contribution < -0.4 is 10.5 Å². The van der Waals surface area contributed by atoms with Gasteiger partial charge in [0.1, 0.15) is 11.6 Å². The highest BCUT2D eigenvalue weighted by molar-refractivity contribution is 5.80. The van der Waals surface area contributed by atoms with E-state index >= 15 is 0 Å². The van der Waals surface area contributed by atoms with Crippen LogP contribution in [0.5, 0.6) is 5.75 Å². The molecule has 0 spiro atoms. The highest BCUT2D eigenvalue weighted by Gasteiger charge is 2.21. The van der Waals surface area contributed by atoms with E-state index in [1.165, 1.54) is 12.1 Å². The first-order valence-electron chi connectivity index (χ1n) is 6.91. The average molecular weight is 282 g/mol. The number of carbonyl (C=O) groups is 1. The second-order valence-corrected chi connectivity index (χ2v) is 4.74. The van der Waals surface area contributed by atoms with E-state index in [0.29, 0.717) is 24.4 Å². The summed E-state index contributed by atoms with van der Waals surface area (Å²) in [7, 11) is 0. The standard InChI is InChI=1S/C15H23FN2O2/c1-5-18(6-2)15(19)11(4)20-14-9-12(16)7-8-13(14)10(3)17/h7-11H,5-6,17H2,1-4H3/t10-,11?/m1/s1. The summed E-state index contributed by atoms with van der Waals surface area (Å²) in [6.45, 7) is 8.50. The van der Waals surface area contributed by atoms with Crippen molar-refractivity contribution in [2.45, 2.75) is 39.8 Å².